The van der Waals surface area contributed by atoms with Crippen LogP contribution in [0.25, 0.3) is 0 Å². The highest BCUT2D eigenvalue weighted by molar-refractivity contribution is 5.76. The Morgan fingerprint density at radius 1 is 0.889 bits per heavy atom. The maximum Gasteiger partial charge on any atom is 0.155 e. The maximum atomic E-state index is 10.7. The van der Waals surface area contributed by atoms with Crippen LogP contribution in [0, 0.1) is 0 Å². The molecule has 5 heteroatoms. The average molecular weight is 262 g/mol. The number of nitrogens with zero attached hydrogens (tertiary/aromatic N) is 1. The van der Waals surface area contributed by atoms with E-state index in [0.717, 1.165) is 17.6 Å². The number of rotatable bonds is 10. The van der Waals surface area contributed by atoms with Crippen molar-refractivity contribution >= 4 is 11.6 Å². The van der Waals surface area contributed by atoms with Crippen molar-refractivity contribution in [2.75, 3.05) is 53.6 Å². The Morgan fingerprint density at radius 3 is 1.50 bits per heavy atom. The minimum absolute atomic E-state index is 0. The Morgan fingerprint density at radius 2 is 1.22 bits per heavy atom. The van der Waals surface area contributed by atoms with E-state index >= 15 is 0 Å². The first-order valence-electron chi connectivity index (χ1n) is 5.80. The molecule has 0 bridgehead atoms. The fourth-order valence-electron chi connectivity index (χ4n) is 1.17. The van der Waals surface area contributed by atoms with E-state index in [1.165, 1.54) is 13.8 Å². The molecular formula is C13H28NO4+. The number of ketones is 2. The molecule has 0 heterocycles. The van der Waals surface area contributed by atoms with E-state index in [9.17, 15) is 9.59 Å². The summed E-state index contributed by atoms with van der Waals surface area (Å²) in [5, 5.41) is 0. The molecule has 0 rings (SSSR count). The number of carbonyl (C=O) groups excluding carboxylic acids is 2. The molecule has 0 fully saturated rings. The first-order valence-corrected chi connectivity index (χ1v) is 5.80. The lowest BCUT2D eigenvalue weighted by Crippen LogP contribution is -2.45. The zero-order chi connectivity index (χ0) is 13.3. The van der Waals surface area contributed by atoms with Crippen molar-refractivity contribution in [2.24, 2.45) is 0 Å². The summed E-state index contributed by atoms with van der Waals surface area (Å²) in [7, 11) is 4.13. The fraction of sp³-hybridized carbons (Fsp3) is 0.846. The number of likely N-dealkylation sites (N-methyl/N-ethyl adjacent to an activating group) is 1. The molecular weight excluding hydrogens is 234 g/mol. The van der Waals surface area contributed by atoms with Crippen molar-refractivity contribution in [1.82, 2.24) is 0 Å². The number of quaternary nitrogens is 1. The summed E-state index contributed by atoms with van der Waals surface area (Å²) in [6.45, 7) is 6.12. The standard InChI is InChI=1S/C12H24NO4.CH4/c1-11(14)9-16-7-5-13(3,4)6-8-17-10-12(2)15;/h5-10H2,1-4H3;1H4/q+1;. The van der Waals surface area contributed by atoms with E-state index in [-0.39, 0.29) is 32.2 Å². The molecule has 0 spiro atoms. The summed E-state index contributed by atoms with van der Waals surface area (Å²) < 4.78 is 11.2. The van der Waals surface area contributed by atoms with Gasteiger partial charge in [0.05, 0.1) is 27.3 Å². The molecule has 108 valence electrons. The van der Waals surface area contributed by atoms with Gasteiger partial charge in [-0.1, -0.05) is 7.43 Å². The van der Waals surface area contributed by atoms with Gasteiger partial charge in [0.2, 0.25) is 0 Å². The smallest absolute Gasteiger partial charge is 0.155 e. The average Bonchev–Trinajstić information content (AvgIpc) is 2.19. The Hall–Kier alpha value is -0.780. The molecule has 0 amide bonds. The predicted molar refractivity (Wildman–Crippen MR) is 71.6 cm³/mol. The molecule has 0 atom stereocenters. The molecule has 18 heavy (non-hydrogen) atoms. The zero-order valence-corrected chi connectivity index (χ0v) is 11.3. The van der Waals surface area contributed by atoms with Crippen molar-refractivity contribution in [3.8, 4) is 0 Å². The predicted octanol–water partition coefficient (Wildman–Crippen LogP) is 0.910. The van der Waals surface area contributed by atoms with E-state index in [1.54, 1.807) is 0 Å². The zero-order valence-electron chi connectivity index (χ0n) is 11.3. The third-order valence-corrected chi connectivity index (χ3v) is 2.29. The normalized spacial score (nSPS) is 10.9. The van der Waals surface area contributed by atoms with Gasteiger partial charge in [0, 0.05) is 0 Å². The van der Waals surface area contributed by atoms with Gasteiger partial charge in [0.15, 0.2) is 11.6 Å². The van der Waals surface area contributed by atoms with Crippen LogP contribution in [0.4, 0.5) is 0 Å². The van der Waals surface area contributed by atoms with Gasteiger partial charge in [0.25, 0.3) is 0 Å². The number of hydrogen-bond donors (Lipinski definition) is 0. The summed E-state index contributed by atoms with van der Waals surface area (Å²) in [4.78, 5) is 21.3. The van der Waals surface area contributed by atoms with Crippen LogP contribution in [0.2, 0.25) is 0 Å². The Balaban J connectivity index is 0. The van der Waals surface area contributed by atoms with Gasteiger partial charge in [-0.25, -0.2) is 0 Å². The summed E-state index contributed by atoms with van der Waals surface area (Å²) in [5.74, 6) is 0.0835. The number of ether oxygens (including phenoxy) is 2. The minimum atomic E-state index is 0. The van der Waals surface area contributed by atoms with Gasteiger partial charge in [0.1, 0.15) is 26.3 Å². The maximum absolute atomic E-state index is 10.7. The summed E-state index contributed by atoms with van der Waals surface area (Å²) in [5.41, 5.74) is 0. The Labute approximate surface area is 111 Å². The van der Waals surface area contributed by atoms with Gasteiger partial charge in [-0.15, -0.1) is 0 Å². The highest BCUT2D eigenvalue weighted by atomic mass is 16.5. The van der Waals surface area contributed by atoms with Crippen molar-refractivity contribution in [3.05, 3.63) is 0 Å². The monoisotopic (exact) mass is 262 g/mol. The number of Topliss-reactive ketones (excluding diaryl/α,β-unsaturated/α-hetero) is 2. The lowest BCUT2D eigenvalue weighted by molar-refractivity contribution is -0.891. The van der Waals surface area contributed by atoms with E-state index < -0.39 is 0 Å². The third kappa shape index (κ3) is 13.3. The van der Waals surface area contributed by atoms with Gasteiger partial charge < -0.3 is 14.0 Å². The molecule has 0 aliphatic carbocycles. The number of carbonyl (C=O) groups is 2. The van der Waals surface area contributed by atoms with E-state index in [2.05, 4.69) is 14.1 Å². The van der Waals surface area contributed by atoms with Crippen LogP contribution in [-0.4, -0.2) is 69.7 Å². The van der Waals surface area contributed by atoms with Crippen LogP contribution < -0.4 is 0 Å². The van der Waals surface area contributed by atoms with Crippen molar-refractivity contribution in [3.63, 3.8) is 0 Å². The third-order valence-electron chi connectivity index (χ3n) is 2.29. The Bertz CT molecular complexity index is 227. The quantitative estimate of drug-likeness (QED) is 0.434. The highest BCUT2D eigenvalue weighted by Crippen LogP contribution is 1.97. The lowest BCUT2D eigenvalue weighted by Gasteiger charge is -2.29. The molecule has 0 radical (unpaired) electrons. The van der Waals surface area contributed by atoms with Gasteiger partial charge >= 0.3 is 0 Å². The molecule has 0 aromatic heterocycles. The van der Waals surface area contributed by atoms with Gasteiger partial charge in [-0.2, -0.15) is 0 Å². The van der Waals surface area contributed by atoms with Gasteiger partial charge in [-0.05, 0) is 13.8 Å². The van der Waals surface area contributed by atoms with Gasteiger partial charge in [-0.3, -0.25) is 9.59 Å². The van der Waals surface area contributed by atoms with Crippen molar-refractivity contribution in [2.45, 2.75) is 21.3 Å². The fourth-order valence-corrected chi connectivity index (χ4v) is 1.17. The van der Waals surface area contributed by atoms with E-state index in [0.29, 0.717) is 13.2 Å². The summed E-state index contributed by atoms with van der Waals surface area (Å²) in [6, 6.07) is 0. The molecule has 0 saturated carbocycles. The van der Waals surface area contributed by atoms with Crippen LogP contribution in [0.1, 0.15) is 21.3 Å². The van der Waals surface area contributed by atoms with Crippen LogP contribution in [0.5, 0.6) is 0 Å². The van der Waals surface area contributed by atoms with E-state index in [4.69, 9.17) is 9.47 Å². The minimum Gasteiger partial charge on any atom is -0.368 e. The molecule has 0 aromatic rings. The molecule has 0 aromatic carbocycles. The topological polar surface area (TPSA) is 52.6 Å². The Kier molecular flexibility index (Phi) is 11.1. The van der Waals surface area contributed by atoms with Crippen LogP contribution in [-0.2, 0) is 19.1 Å². The number of hydrogen-bond acceptors (Lipinski definition) is 4. The highest BCUT2D eigenvalue weighted by Gasteiger charge is 2.14. The summed E-state index contributed by atoms with van der Waals surface area (Å²) >= 11 is 0. The molecule has 5 nitrogen and oxygen atoms in total. The molecule has 0 unspecified atom stereocenters. The molecule has 0 N–H and O–H groups in total. The molecule has 0 aliphatic heterocycles. The van der Waals surface area contributed by atoms with Crippen LogP contribution in [0.3, 0.4) is 0 Å². The summed E-state index contributed by atoms with van der Waals surface area (Å²) in [6.07, 6.45) is 0. The first-order chi connectivity index (χ1) is 7.83. The second kappa shape index (κ2) is 10.2. The lowest BCUT2D eigenvalue weighted by atomic mass is 10.4. The van der Waals surface area contributed by atoms with Crippen molar-refractivity contribution < 1.29 is 23.5 Å². The second-order valence-corrected chi connectivity index (χ2v) is 4.89. The molecule has 0 saturated heterocycles. The largest absolute Gasteiger partial charge is 0.368 e. The van der Waals surface area contributed by atoms with E-state index in [1.807, 2.05) is 0 Å². The molecule has 0 aliphatic rings. The van der Waals surface area contributed by atoms with Crippen molar-refractivity contribution in [1.29, 1.82) is 0 Å². The van der Waals surface area contributed by atoms with Crippen LogP contribution >= 0.6 is 0 Å². The SMILES string of the molecule is C.CC(=O)COCC[N+](C)(C)CCOCC(C)=O. The van der Waals surface area contributed by atoms with Crippen LogP contribution in [0.15, 0.2) is 0 Å². The second-order valence-electron chi connectivity index (χ2n) is 4.89. The first kappa shape index (κ1) is 19.6.